The molecule has 1 saturated carbocycles. The normalized spacial score (nSPS) is 28.6. The van der Waals surface area contributed by atoms with E-state index in [1.165, 1.54) is 7.05 Å². The Morgan fingerprint density at radius 3 is 2.50 bits per heavy atom. The second-order valence-electron chi connectivity index (χ2n) is 4.76. The molecule has 1 rings (SSSR count). The molecule has 3 N–H and O–H groups in total. The van der Waals surface area contributed by atoms with Crippen molar-refractivity contribution >= 4 is 15.9 Å². The van der Waals surface area contributed by atoms with E-state index in [9.17, 15) is 18.3 Å². The number of carbonyl (C=O) groups excluding carboxylic acids is 1. The van der Waals surface area contributed by atoms with E-state index in [1.54, 1.807) is 0 Å². The first-order chi connectivity index (χ1) is 8.24. The second kappa shape index (κ2) is 5.96. The molecule has 0 bridgehead atoms. The summed E-state index contributed by atoms with van der Waals surface area (Å²) in [5, 5.41) is 21.2. The van der Waals surface area contributed by atoms with Gasteiger partial charge in [0.2, 0.25) is 15.9 Å². The Hall–Kier alpha value is -0.700. The largest absolute Gasteiger partial charge is 0.396 e. The second-order valence-corrected chi connectivity index (χ2v) is 6.85. The Kier molecular flexibility index (Phi) is 5.09. The molecule has 1 fully saturated rings. The van der Waals surface area contributed by atoms with Gasteiger partial charge < -0.3 is 15.5 Å². The summed E-state index contributed by atoms with van der Waals surface area (Å²) in [6.07, 6.45) is 1.31. The molecule has 0 spiro atoms. The number of aliphatic hydroxyl groups excluding tert-OH is 2. The van der Waals surface area contributed by atoms with Gasteiger partial charge in [0.25, 0.3) is 0 Å². The predicted molar refractivity (Wildman–Crippen MR) is 65.2 cm³/mol. The fraction of sp³-hybridized carbons (Fsp3) is 0.900. The molecule has 0 aliphatic heterocycles. The molecule has 3 atom stereocenters. The summed E-state index contributed by atoms with van der Waals surface area (Å²) in [4.78, 5) is 11.6. The van der Waals surface area contributed by atoms with Crippen molar-refractivity contribution in [2.75, 3.05) is 26.5 Å². The van der Waals surface area contributed by atoms with Crippen LogP contribution in [0.4, 0.5) is 0 Å². The van der Waals surface area contributed by atoms with Crippen LogP contribution in [0.3, 0.4) is 0 Å². The number of nitrogens with zero attached hydrogens (tertiary/aromatic N) is 1. The Bertz CT molecular complexity index is 397. The van der Waals surface area contributed by atoms with Crippen LogP contribution >= 0.6 is 0 Å². The minimum absolute atomic E-state index is 0.114. The lowest BCUT2D eigenvalue weighted by molar-refractivity contribution is -0.121. The molecule has 1 aliphatic carbocycles. The van der Waals surface area contributed by atoms with Gasteiger partial charge in [0.05, 0.1) is 18.9 Å². The third kappa shape index (κ3) is 4.20. The number of rotatable bonds is 5. The highest BCUT2D eigenvalue weighted by atomic mass is 32.2. The number of amides is 1. The van der Waals surface area contributed by atoms with Crippen LogP contribution in [0.1, 0.15) is 12.8 Å². The van der Waals surface area contributed by atoms with E-state index < -0.39 is 22.0 Å². The number of aliphatic hydroxyl groups is 2. The molecule has 106 valence electrons. The summed E-state index contributed by atoms with van der Waals surface area (Å²) in [6.45, 7) is -0.355. The first kappa shape index (κ1) is 15.4. The van der Waals surface area contributed by atoms with Crippen molar-refractivity contribution in [1.29, 1.82) is 0 Å². The van der Waals surface area contributed by atoms with Gasteiger partial charge in [-0.25, -0.2) is 8.42 Å². The fourth-order valence-corrected chi connectivity index (χ4v) is 2.36. The van der Waals surface area contributed by atoms with Gasteiger partial charge in [-0.2, -0.15) is 4.31 Å². The van der Waals surface area contributed by atoms with Gasteiger partial charge in [-0.05, 0) is 12.8 Å². The topological polar surface area (TPSA) is 107 Å². The third-order valence-corrected chi connectivity index (χ3v) is 4.45. The molecular weight excluding hydrogens is 260 g/mol. The molecule has 0 aromatic rings. The van der Waals surface area contributed by atoms with Crippen LogP contribution in [0, 0.1) is 5.92 Å². The number of carbonyl (C=O) groups is 1. The molecule has 8 heteroatoms. The zero-order valence-electron chi connectivity index (χ0n) is 10.5. The zero-order chi connectivity index (χ0) is 13.9. The molecule has 18 heavy (non-hydrogen) atoms. The van der Waals surface area contributed by atoms with Gasteiger partial charge in [0, 0.05) is 25.6 Å². The average molecular weight is 280 g/mol. The highest BCUT2D eigenvalue weighted by molar-refractivity contribution is 7.88. The number of likely N-dealkylation sites (N-methyl/N-ethyl adjacent to an activating group) is 1. The van der Waals surface area contributed by atoms with E-state index in [4.69, 9.17) is 5.11 Å². The fourth-order valence-electron chi connectivity index (χ4n) is 2.01. The molecule has 0 aromatic carbocycles. The molecule has 1 amide bonds. The summed E-state index contributed by atoms with van der Waals surface area (Å²) in [5.74, 6) is -0.623. The average Bonchev–Trinajstić information content (AvgIpc) is 2.56. The van der Waals surface area contributed by atoms with E-state index in [1.807, 2.05) is 0 Å². The molecule has 0 radical (unpaired) electrons. The molecule has 7 nitrogen and oxygen atoms in total. The minimum atomic E-state index is -3.37. The maximum atomic E-state index is 11.6. The van der Waals surface area contributed by atoms with Crippen LogP contribution in [0.2, 0.25) is 0 Å². The van der Waals surface area contributed by atoms with Crippen LogP contribution in [-0.4, -0.2) is 67.4 Å². The van der Waals surface area contributed by atoms with Crippen molar-refractivity contribution in [3.8, 4) is 0 Å². The van der Waals surface area contributed by atoms with Crippen molar-refractivity contribution in [3.63, 3.8) is 0 Å². The van der Waals surface area contributed by atoms with Crippen molar-refractivity contribution in [3.05, 3.63) is 0 Å². The zero-order valence-corrected chi connectivity index (χ0v) is 11.4. The summed E-state index contributed by atoms with van der Waals surface area (Å²) < 4.78 is 23.2. The molecule has 0 heterocycles. The number of sulfonamides is 1. The smallest absolute Gasteiger partial charge is 0.235 e. The Morgan fingerprint density at radius 2 is 2.06 bits per heavy atom. The third-order valence-electron chi connectivity index (χ3n) is 3.19. The first-order valence-corrected chi connectivity index (χ1v) is 7.58. The molecule has 0 unspecified atom stereocenters. The van der Waals surface area contributed by atoms with Gasteiger partial charge in [0.1, 0.15) is 0 Å². The van der Waals surface area contributed by atoms with Gasteiger partial charge in [-0.1, -0.05) is 0 Å². The highest BCUT2D eigenvalue weighted by Crippen LogP contribution is 2.25. The van der Waals surface area contributed by atoms with Crippen molar-refractivity contribution in [2.45, 2.75) is 25.0 Å². The van der Waals surface area contributed by atoms with Crippen LogP contribution in [0.15, 0.2) is 0 Å². The van der Waals surface area contributed by atoms with Crippen LogP contribution in [-0.2, 0) is 14.8 Å². The summed E-state index contributed by atoms with van der Waals surface area (Å²) in [7, 11) is -2.05. The van der Waals surface area contributed by atoms with E-state index >= 15 is 0 Å². The molecular formula is C10H20N2O5S. The first-order valence-electron chi connectivity index (χ1n) is 5.73. The summed E-state index contributed by atoms with van der Waals surface area (Å²) in [6, 6.07) is -0.211. The number of nitrogens with one attached hydrogen (secondary N) is 1. The number of hydrogen-bond donors (Lipinski definition) is 3. The van der Waals surface area contributed by atoms with Crippen LogP contribution < -0.4 is 5.32 Å². The van der Waals surface area contributed by atoms with E-state index in [0.29, 0.717) is 12.8 Å². The van der Waals surface area contributed by atoms with Crippen molar-refractivity contribution in [1.82, 2.24) is 9.62 Å². The summed E-state index contributed by atoms with van der Waals surface area (Å²) >= 11 is 0. The van der Waals surface area contributed by atoms with Crippen LogP contribution in [0.25, 0.3) is 0 Å². The van der Waals surface area contributed by atoms with Gasteiger partial charge in [0.15, 0.2) is 0 Å². The lowest BCUT2D eigenvalue weighted by Gasteiger charge is -2.16. The van der Waals surface area contributed by atoms with E-state index in [-0.39, 0.29) is 25.1 Å². The number of hydrogen-bond acceptors (Lipinski definition) is 5. The lowest BCUT2D eigenvalue weighted by atomic mass is 10.1. The van der Waals surface area contributed by atoms with Crippen molar-refractivity contribution in [2.24, 2.45) is 5.92 Å². The molecule has 1 aliphatic rings. The SMILES string of the molecule is CN(CC(=O)N[C@H]1C[C@@H](CO)[C@@H](O)C1)S(C)(=O)=O. The summed E-state index contributed by atoms with van der Waals surface area (Å²) in [5.41, 5.74) is 0. The van der Waals surface area contributed by atoms with Crippen molar-refractivity contribution < 1.29 is 23.4 Å². The molecule has 0 aromatic heterocycles. The van der Waals surface area contributed by atoms with E-state index in [2.05, 4.69) is 5.32 Å². The predicted octanol–water partition coefficient (Wildman–Crippen LogP) is -1.87. The maximum absolute atomic E-state index is 11.6. The quantitative estimate of drug-likeness (QED) is 0.547. The lowest BCUT2D eigenvalue weighted by Crippen LogP contribution is -2.41. The Morgan fingerprint density at radius 1 is 1.44 bits per heavy atom. The monoisotopic (exact) mass is 280 g/mol. The Balaban J connectivity index is 2.43. The molecule has 0 saturated heterocycles. The Labute approximate surface area is 107 Å². The van der Waals surface area contributed by atoms with Gasteiger partial charge in [-0.15, -0.1) is 0 Å². The minimum Gasteiger partial charge on any atom is -0.396 e. The van der Waals surface area contributed by atoms with E-state index in [0.717, 1.165) is 10.6 Å². The standard InChI is InChI=1S/C10H20N2O5S/c1-12(18(2,16)17)5-10(15)11-8-3-7(6-13)9(14)4-8/h7-9,13-14H,3-6H2,1-2H3,(H,11,15)/t7-,8-,9-/m0/s1. The van der Waals surface area contributed by atoms with Crippen LogP contribution in [0.5, 0.6) is 0 Å². The maximum Gasteiger partial charge on any atom is 0.235 e. The van der Waals surface area contributed by atoms with Gasteiger partial charge >= 0.3 is 0 Å². The highest BCUT2D eigenvalue weighted by Gasteiger charge is 2.33. The van der Waals surface area contributed by atoms with Gasteiger partial charge in [-0.3, -0.25) is 4.79 Å².